The van der Waals surface area contributed by atoms with Crippen molar-refractivity contribution in [1.82, 2.24) is 0 Å². The molecule has 0 aromatic heterocycles. The fourth-order valence-corrected chi connectivity index (χ4v) is 2.39. The largest absolute Gasteiger partial charge is 0.384 e. The molecule has 2 rings (SSSR count). The molecule has 0 radical (unpaired) electrons. The zero-order valence-corrected chi connectivity index (χ0v) is 10.5. The Bertz CT molecular complexity index is 359. The summed E-state index contributed by atoms with van der Waals surface area (Å²) in [6.45, 7) is 7.97. The summed E-state index contributed by atoms with van der Waals surface area (Å²) in [6.07, 6.45) is 0. The zero-order chi connectivity index (χ0) is 10.3. The standard InChI is InChI=1S/C12H16BrN/c1-8(2)12(3)7-14-11-5-4-9(13)6-10(11)12/h4-6,8,14H,7H2,1-3H3. The highest BCUT2D eigenvalue weighted by molar-refractivity contribution is 9.10. The number of rotatable bonds is 1. The first-order valence-corrected chi connectivity index (χ1v) is 5.87. The van der Waals surface area contributed by atoms with Crippen molar-refractivity contribution in [3.8, 4) is 0 Å². The lowest BCUT2D eigenvalue weighted by Gasteiger charge is -2.28. The fourth-order valence-electron chi connectivity index (χ4n) is 2.03. The van der Waals surface area contributed by atoms with Crippen LogP contribution in [0.5, 0.6) is 0 Å². The van der Waals surface area contributed by atoms with E-state index < -0.39 is 0 Å². The van der Waals surface area contributed by atoms with Crippen LogP contribution < -0.4 is 5.32 Å². The van der Waals surface area contributed by atoms with E-state index in [-0.39, 0.29) is 5.41 Å². The monoisotopic (exact) mass is 253 g/mol. The summed E-state index contributed by atoms with van der Waals surface area (Å²) in [7, 11) is 0. The van der Waals surface area contributed by atoms with E-state index in [2.05, 4.69) is 60.2 Å². The van der Waals surface area contributed by atoms with Crippen molar-refractivity contribution < 1.29 is 0 Å². The Labute approximate surface area is 94.0 Å². The van der Waals surface area contributed by atoms with Crippen LogP contribution in [0.3, 0.4) is 0 Å². The van der Waals surface area contributed by atoms with Gasteiger partial charge in [0, 0.05) is 22.1 Å². The van der Waals surface area contributed by atoms with Gasteiger partial charge in [-0.2, -0.15) is 0 Å². The summed E-state index contributed by atoms with van der Waals surface area (Å²) in [5, 5.41) is 3.48. The van der Waals surface area contributed by atoms with Gasteiger partial charge >= 0.3 is 0 Å². The second-order valence-electron chi connectivity index (χ2n) is 4.62. The zero-order valence-electron chi connectivity index (χ0n) is 8.89. The van der Waals surface area contributed by atoms with Crippen LogP contribution in [-0.2, 0) is 5.41 Å². The van der Waals surface area contributed by atoms with Gasteiger partial charge in [0.05, 0.1) is 0 Å². The van der Waals surface area contributed by atoms with Crippen molar-refractivity contribution in [2.45, 2.75) is 26.2 Å². The lowest BCUT2D eigenvalue weighted by atomic mass is 9.75. The van der Waals surface area contributed by atoms with Crippen molar-refractivity contribution in [1.29, 1.82) is 0 Å². The third-order valence-corrected chi connectivity index (χ3v) is 4.01. The van der Waals surface area contributed by atoms with Crippen LogP contribution >= 0.6 is 15.9 Å². The maximum Gasteiger partial charge on any atom is 0.0380 e. The lowest BCUT2D eigenvalue weighted by Crippen LogP contribution is -2.30. The van der Waals surface area contributed by atoms with Gasteiger partial charge in [-0.15, -0.1) is 0 Å². The third-order valence-electron chi connectivity index (χ3n) is 3.52. The molecule has 1 heterocycles. The van der Waals surface area contributed by atoms with Gasteiger partial charge in [0.15, 0.2) is 0 Å². The molecule has 1 aromatic carbocycles. The smallest absolute Gasteiger partial charge is 0.0380 e. The van der Waals surface area contributed by atoms with Crippen molar-refractivity contribution in [3.63, 3.8) is 0 Å². The molecule has 0 saturated carbocycles. The summed E-state index contributed by atoms with van der Waals surface area (Å²) >= 11 is 3.54. The fraction of sp³-hybridized carbons (Fsp3) is 0.500. The van der Waals surface area contributed by atoms with E-state index in [0.29, 0.717) is 5.92 Å². The summed E-state index contributed by atoms with van der Waals surface area (Å²) in [4.78, 5) is 0. The molecule has 1 nitrogen and oxygen atoms in total. The molecular formula is C12H16BrN. The average molecular weight is 254 g/mol. The molecule has 1 aliphatic rings. The summed E-state index contributed by atoms with van der Waals surface area (Å²) in [5.41, 5.74) is 3.02. The minimum absolute atomic E-state index is 0.277. The van der Waals surface area contributed by atoms with Crippen LogP contribution in [0.2, 0.25) is 0 Å². The van der Waals surface area contributed by atoms with Crippen molar-refractivity contribution >= 4 is 21.6 Å². The van der Waals surface area contributed by atoms with E-state index in [1.54, 1.807) is 0 Å². The van der Waals surface area contributed by atoms with Gasteiger partial charge in [0.25, 0.3) is 0 Å². The normalized spacial score (nSPS) is 24.9. The van der Waals surface area contributed by atoms with Gasteiger partial charge in [-0.3, -0.25) is 0 Å². The number of hydrogen-bond acceptors (Lipinski definition) is 1. The number of benzene rings is 1. The molecule has 0 spiro atoms. The molecule has 0 aliphatic carbocycles. The van der Waals surface area contributed by atoms with Gasteiger partial charge in [-0.25, -0.2) is 0 Å². The summed E-state index contributed by atoms with van der Waals surface area (Å²) in [5.74, 6) is 0.658. The first-order valence-electron chi connectivity index (χ1n) is 5.08. The van der Waals surface area contributed by atoms with Gasteiger partial charge in [-0.1, -0.05) is 36.7 Å². The van der Waals surface area contributed by atoms with Gasteiger partial charge in [0.1, 0.15) is 0 Å². The van der Waals surface area contributed by atoms with E-state index >= 15 is 0 Å². The SMILES string of the molecule is CC(C)C1(C)CNc2ccc(Br)cc21. The molecule has 2 heteroatoms. The number of nitrogens with one attached hydrogen (secondary N) is 1. The molecule has 1 unspecified atom stereocenters. The van der Waals surface area contributed by atoms with Crippen molar-refractivity contribution in [2.24, 2.45) is 5.92 Å². The summed E-state index contributed by atoms with van der Waals surface area (Å²) in [6, 6.07) is 6.50. The van der Waals surface area contributed by atoms with Gasteiger partial charge in [-0.05, 0) is 29.7 Å². The minimum atomic E-state index is 0.277. The van der Waals surface area contributed by atoms with Crippen molar-refractivity contribution in [3.05, 3.63) is 28.2 Å². The number of anilines is 1. The molecule has 0 saturated heterocycles. The van der Waals surface area contributed by atoms with E-state index in [1.807, 2.05) is 0 Å². The maximum atomic E-state index is 3.54. The molecule has 0 bridgehead atoms. The second kappa shape index (κ2) is 3.27. The number of fused-ring (bicyclic) bond motifs is 1. The Balaban J connectivity index is 2.52. The number of hydrogen-bond donors (Lipinski definition) is 1. The third kappa shape index (κ3) is 1.36. The van der Waals surface area contributed by atoms with Gasteiger partial charge in [0.2, 0.25) is 0 Å². The average Bonchev–Trinajstić information content (AvgIpc) is 2.46. The lowest BCUT2D eigenvalue weighted by molar-refractivity contribution is 0.371. The molecule has 76 valence electrons. The topological polar surface area (TPSA) is 12.0 Å². The van der Waals surface area contributed by atoms with Crippen LogP contribution in [-0.4, -0.2) is 6.54 Å². The van der Waals surface area contributed by atoms with Crippen LogP contribution in [0.25, 0.3) is 0 Å². The molecule has 1 N–H and O–H groups in total. The van der Waals surface area contributed by atoms with Crippen LogP contribution in [0, 0.1) is 5.92 Å². The molecule has 0 amide bonds. The first-order chi connectivity index (χ1) is 6.54. The van der Waals surface area contributed by atoms with Crippen LogP contribution in [0.4, 0.5) is 5.69 Å². The summed E-state index contributed by atoms with van der Waals surface area (Å²) < 4.78 is 1.17. The quantitative estimate of drug-likeness (QED) is 0.804. The molecule has 1 atom stereocenters. The highest BCUT2D eigenvalue weighted by Gasteiger charge is 2.36. The predicted octanol–water partition coefficient (Wildman–Crippen LogP) is 3.79. The molecule has 0 fully saturated rings. The minimum Gasteiger partial charge on any atom is -0.384 e. The second-order valence-corrected chi connectivity index (χ2v) is 5.53. The molecule has 14 heavy (non-hydrogen) atoms. The Morgan fingerprint density at radius 3 is 2.79 bits per heavy atom. The maximum absolute atomic E-state index is 3.54. The Morgan fingerprint density at radius 2 is 2.14 bits per heavy atom. The van der Waals surface area contributed by atoms with E-state index in [0.717, 1.165) is 6.54 Å². The molecule has 1 aromatic rings. The predicted molar refractivity (Wildman–Crippen MR) is 64.8 cm³/mol. The highest BCUT2D eigenvalue weighted by Crippen LogP contribution is 2.42. The Morgan fingerprint density at radius 1 is 1.43 bits per heavy atom. The Hall–Kier alpha value is -0.500. The highest BCUT2D eigenvalue weighted by atomic mass is 79.9. The number of halogens is 1. The van der Waals surface area contributed by atoms with Crippen LogP contribution in [0.15, 0.2) is 22.7 Å². The van der Waals surface area contributed by atoms with Crippen LogP contribution in [0.1, 0.15) is 26.3 Å². The van der Waals surface area contributed by atoms with E-state index in [4.69, 9.17) is 0 Å². The molecule has 1 aliphatic heterocycles. The van der Waals surface area contributed by atoms with E-state index in [1.165, 1.54) is 15.7 Å². The van der Waals surface area contributed by atoms with E-state index in [9.17, 15) is 0 Å². The molecular weight excluding hydrogens is 238 g/mol. The van der Waals surface area contributed by atoms with Gasteiger partial charge < -0.3 is 5.32 Å². The van der Waals surface area contributed by atoms with Crippen molar-refractivity contribution in [2.75, 3.05) is 11.9 Å². The Kier molecular flexibility index (Phi) is 2.34. The first kappa shape index (κ1) is 10.0.